The average Bonchev–Trinajstić information content (AvgIpc) is 2.85. The molecule has 1 unspecified atom stereocenters. The van der Waals surface area contributed by atoms with Gasteiger partial charge in [0.05, 0.1) is 12.5 Å². The fourth-order valence-electron chi connectivity index (χ4n) is 2.17. The first kappa shape index (κ1) is 12.8. The molecule has 0 amide bonds. The second-order valence-electron chi connectivity index (χ2n) is 4.45. The van der Waals surface area contributed by atoms with Crippen LogP contribution in [-0.4, -0.2) is 6.54 Å². The van der Waals surface area contributed by atoms with Crippen LogP contribution in [0.4, 0.5) is 4.39 Å². The minimum Gasteiger partial charge on any atom is -0.472 e. The van der Waals surface area contributed by atoms with E-state index in [1.165, 1.54) is 6.07 Å². The summed E-state index contributed by atoms with van der Waals surface area (Å²) < 4.78 is 18.5. The number of furan rings is 1. The zero-order valence-corrected chi connectivity index (χ0v) is 10.7. The number of hydrogen-bond acceptors (Lipinski definition) is 2. The molecule has 96 valence electrons. The Hall–Kier alpha value is -1.61. The van der Waals surface area contributed by atoms with E-state index < -0.39 is 0 Å². The van der Waals surface area contributed by atoms with Gasteiger partial charge in [0.1, 0.15) is 5.82 Å². The molecule has 18 heavy (non-hydrogen) atoms. The van der Waals surface area contributed by atoms with Gasteiger partial charge >= 0.3 is 0 Å². The number of benzene rings is 1. The van der Waals surface area contributed by atoms with Crippen molar-refractivity contribution in [3.8, 4) is 0 Å². The van der Waals surface area contributed by atoms with Gasteiger partial charge in [0.25, 0.3) is 0 Å². The summed E-state index contributed by atoms with van der Waals surface area (Å²) in [5.74, 6) is -0.189. The van der Waals surface area contributed by atoms with Gasteiger partial charge in [-0.1, -0.05) is 13.0 Å². The number of hydrogen-bond donors (Lipinski definition) is 1. The Kier molecular flexibility index (Phi) is 4.15. The highest BCUT2D eigenvalue weighted by Gasteiger charge is 2.14. The van der Waals surface area contributed by atoms with Crippen molar-refractivity contribution in [2.24, 2.45) is 0 Å². The van der Waals surface area contributed by atoms with Crippen LogP contribution in [0.2, 0.25) is 0 Å². The van der Waals surface area contributed by atoms with Gasteiger partial charge in [-0.05, 0) is 54.8 Å². The topological polar surface area (TPSA) is 25.2 Å². The van der Waals surface area contributed by atoms with Gasteiger partial charge in [0.15, 0.2) is 0 Å². The molecule has 1 N–H and O–H groups in total. The first-order valence-corrected chi connectivity index (χ1v) is 6.21. The molecular formula is C15H18FNO. The van der Waals surface area contributed by atoms with Crippen molar-refractivity contribution < 1.29 is 8.81 Å². The Morgan fingerprint density at radius 3 is 2.83 bits per heavy atom. The number of aryl methyl sites for hydroxylation is 1. The van der Waals surface area contributed by atoms with Crippen LogP contribution in [0.1, 0.15) is 29.7 Å². The maximum Gasteiger partial charge on any atom is 0.123 e. The lowest BCUT2D eigenvalue weighted by Gasteiger charge is -2.20. The predicted octanol–water partition coefficient (Wildman–Crippen LogP) is 3.62. The fraction of sp³-hybridized carbons (Fsp3) is 0.333. The van der Waals surface area contributed by atoms with Gasteiger partial charge in [-0.15, -0.1) is 0 Å². The van der Waals surface area contributed by atoms with Crippen LogP contribution in [0, 0.1) is 12.7 Å². The standard InChI is InChI=1S/C15H18FNO/c1-3-17-15(8-12-6-7-18-10-12)14-9-13(16)5-4-11(14)2/h4-7,9-10,15,17H,3,8H2,1-2H3. The lowest BCUT2D eigenvalue weighted by molar-refractivity contribution is 0.529. The molecule has 1 heterocycles. The molecule has 0 aliphatic heterocycles. The maximum atomic E-state index is 13.4. The van der Waals surface area contributed by atoms with Gasteiger partial charge < -0.3 is 9.73 Å². The van der Waals surface area contributed by atoms with Crippen molar-refractivity contribution in [2.75, 3.05) is 6.54 Å². The van der Waals surface area contributed by atoms with Crippen LogP contribution >= 0.6 is 0 Å². The van der Waals surface area contributed by atoms with E-state index in [4.69, 9.17) is 4.42 Å². The van der Waals surface area contributed by atoms with E-state index in [-0.39, 0.29) is 11.9 Å². The number of halogens is 1. The highest BCUT2D eigenvalue weighted by Crippen LogP contribution is 2.23. The lowest BCUT2D eigenvalue weighted by Crippen LogP contribution is -2.23. The average molecular weight is 247 g/mol. The van der Waals surface area contributed by atoms with Crippen molar-refractivity contribution >= 4 is 0 Å². The molecule has 0 fully saturated rings. The number of rotatable bonds is 5. The molecule has 0 saturated heterocycles. The molecule has 2 aromatic rings. The third-order valence-corrected chi connectivity index (χ3v) is 3.09. The smallest absolute Gasteiger partial charge is 0.123 e. The van der Waals surface area contributed by atoms with Crippen LogP contribution in [0.3, 0.4) is 0 Å². The summed E-state index contributed by atoms with van der Waals surface area (Å²) in [6.45, 7) is 4.91. The monoisotopic (exact) mass is 247 g/mol. The summed E-state index contributed by atoms with van der Waals surface area (Å²) in [5.41, 5.74) is 3.23. The van der Waals surface area contributed by atoms with E-state index in [1.54, 1.807) is 18.6 Å². The number of likely N-dealkylation sites (N-methyl/N-ethyl adjacent to an activating group) is 1. The predicted molar refractivity (Wildman–Crippen MR) is 70.0 cm³/mol. The van der Waals surface area contributed by atoms with Crippen LogP contribution in [0.25, 0.3) is 0 Å². The summed E-state index contributed by atoms with van der Waals surface area (Å²) in [5, 5.41) is 3.40. The van der Waals surface area contributed by atoms with E-state index in [9.17, 15) is 4.39 Å². The molecule has 2 rings (SSSR count). The van der Waals surface area contributed by atoms with Gasteiger partial charge in [-0.25, -0.2) is 4.39 Å². The molecule has 1 aromatic carbocycles. The molecule has 0 spiro atoms. The van der Waals surface area contributed by atoms with Crippen LogP contribution < -0.4 is 5.32 Å². The van der Waals surface area contributed by atoms with Crippen molar-refractivity contribution in [2.45, 2.75) is 26.3 Å². The molecule has 1 atom stereocenters. The van der Waals surface area contributed by atoms with E-state index in [2.05, 4.69) is 12.2 Å². The second-order valence-corrected chi connectivity index (χ2v) is 4.45. The Bertz CT molecular complexity index is 493. The molecule has 0 bridgehead atoms. The zero-order valence-electron chi connectivity index (χ0n) is 10.7. The summed E-state index contributed by atoms with van der Waals surface area (Å²) in [7, 11) is 0. The SMILES string of the molecule is CCNC(Cc1ccoc1)c1cc(F)ccc1C. The first-order chi connectivity index (χ1) is 8.70. The van der Waals surface area contributed by atoms with Crippen molar-refractivity contribution in [3.63, 3.8) is 0 Å². The molecule has 0 aliphatic rings. The zero-order chi connectivity index (χ0) is 13.0. The van der Waals surface area contributed by atoms with Gasteiger partial charge in [-0.3, -0.25) is 0 Å². The van der Waals surface area contributed by atoms with Crippen LogP contribution in [0.15, 0.2) is 41.2 Å². The fourth-order valence-corrected chi connectivity index (χ4v) is 2.17. The van der Waals surface area contributed by atoms with E-state index in [0.29, 0.717) is 0 Å². The molecule has 0 saturated carbocycles. The summed E-state index contributed by atoms with van der Waals surface area (Å²) in [6, 6.07) is 6.99. The Morgan fingerprint density at radius 1 is 1.33 bits per heavy atom. The Labute approximate surface area is 107 Å². The highest BCUT2D eigenvalue weighted by atomic mass is 19.1. The normalized spacial score (nSPS) is 12.6. The minimum absolute atomic E-state index is 0.114. The molecule has 0 radical (unpaired) electrons. The van der Waals surface area contributed by atoms with Crippen molar-refractivity contribution in [3.05, 3.63) is 59.3 Å². The van der Waals surface area contributed by atoms with Crippen LogP contribution in [0.5, 0.6) is 0 Å². The summed E-state index contributed by atoms with van der Waals surface area (Å²) >= 11 is 0. The van der Waals surface area contributed by atoms with Gasteiger partial charge in [-0.2, -0.15) is 0 Å². The third kappa shape index (κ3) is 2.99. The summed E-state index contributed by atoms with van der Waals surface area (Å²) in [4.78, 5) is 0. The largest absolute Gasteiger partial charge is 0.472 e. The lowest BCUT2D eigenvalue weighted by atomic mass is 9.96. The third-order valence-electron chi connectivity index (χ3n) is 3.09. The van der Waals surface area contributed by atoms with Crippen molar-refractivity contribution in [1.29, 1.82) is 0 Å². The number of nitrogens with one attached hydrogen (secondary N) is 1. The molecule has 1 aromatic heterocycles. The van der Waals surface area contributed by atoms with Crippen molar-refractivity contribution in [1.82, 2.24) is 5.32 Å². The van der Waals surface area contributed by atoms with Crippen LogP contribution in [-0.2, 0) is 6.42 Å². The van der Waals surface area contributed by atoms with E-state index >= 15 is 0 Å². The molecule has 3 heteroatoms. The molecule has 2 nitrogen and oxygen atoms in total. The van der Waals surface area contributed by atoms with Gasteiger partial charge in [0, 0.05) is 6.04 Å². The first-order valence-electron chi connectivity index (χ1n) is 6.21. The highest BCUT2D eigenvalue weighted by molar-refractivity contribution is 5.31. The minimum atomic E-state index is -0.189. The van der Waals surface area contributed by atoms with E-state index in [1.807, 2.05) is 19.1 Å². The Balaban J connectivity index is 2.26. The quantitative estimate of drug-likeness (QED) is 0.873. The van der Waals surface area contributed by atoms with Gasteiger partial charge in [0.2, 0.25) is 0 Å². The summed E-state index contributed by atoms with van der Waals surface area (Å²) in [6.07, 6.45) is 4.20. The molecular weight excluding hydrogens is 229 g/mol. The second kappa shape index (κ2) is 5.83. The maximum absolute atomic E-state index is 13.4. The molecule has 0 aliphatic carbocycles. The van der Waals surface area contributed by atoms with E-state index in [0.717, 1.165) is 29.7 Å². The Morgan fingerprint density at radius 2 is 2.17 bits per heavy atom.